The number of rotatable bonds is 6. The van der Waals surface area contributed by atoms with Gasteiger partial charge < -0.3 is 26.2 Å². The third-order valence-electron chi connectivity index (χ3n) is 3.05. The van der Waals surface area contributed by atoms with Gasteiger partial charge in [0.15, 0.2) is 5.13 Å². The highest BCUT2D eigenvalue weighted by Crippen LogP contribution is 2.29. The standard InChI is InChI=1S/C13H20N4O3S/c1-3-20-9(18)6-4-5-8-11(16-12(14)21-8)10-7(2)15-13(19)17-10/h13,15,17,19H,3-6H2,1-2H3,(H2,14,16). The van der Waals surface area contributed by atoms with Crippen LogP contribution in [-0.4, -0.2) is 29.0 Å². The number of aliphatic hydroxyl groups is 1. The van der Waals surface area contributed by atoms with Crippen LogP contribution in [0.4, 0.5) is 5.13 Å². The maximum atomic E-state index is 11.4. The summed E-state index contributed by atoms with van der Waals surface area (Å²) in [6.07, 6.45) is 0.931. The summed E-state index contributed by atoms with van der Waals surface area (Å²) in [5.74, 6) is -0.192. The highest BCUT2D eigenvalue weighted by Gasteiger charge is 2.23. The number of allylic oxidation sites excluding steroid dienone is 1. The molecule has 1 aliphatic rings. The zero-order chi connectivity index (χ0) is 15.4. The Hall–Kier alpha value is -1.80. The fourth-order valence-corrected chi connectivity index (χ4v) is 3.05. The van der Waals surface area contributed by atoms with Crippen molar-refractivity contribution in [1.82, 2.24) is 15.6 Å². The monoisotopic (exact) mass is 312 g/mol. The first kappa shape index (κ1) is 15.6. The van der Waals surface area contributed by atoms with Crippen LogP contribution in [0, 0.1) is 0 Å². The minimum atomic E-state index is -0.810. The van der Waals surface area contributed by atoms with Gasteiger partial charge in [0, 0.05) is 17.0 Å². The number of aromatic nitrogens is 1. The first-order valence-electron chi connectivity index (χ1n) is 6.84. The number of anilines is 1. The van der Waals surface area contributed by atoms with E-state index in [9.17, 15) is 9.90 Å². The topological polar surface area (TPSA) is 110 Å². The van der Waals surface area contributed by atoms with Crippen molar-refractivity contribution in [2.24, 2.45) is 0 Å². The number of hydrogen-bond donors (Lipinski definition) is 4. The molecule has 1 aromatic heterocycles. The van der Waals surface area contributed by atoms with Crippen molar-refractivity contribution < 1.29 is 14.6 Å². The average Bonchev–Trinajstić information content (AvgIpc) is 2.92. The summed E-state index contributed by atoms with van der Waals surface area (Å²) in [5, 5.41) is 15.8. The molecule has 0 saturated heterocycles. The van der Waals surface area contributed by atoms with Crippen LogP contribution in [0.2, 0.25) is 0 Å². The number of nitrogens with zero attached hydrogens (tertiary/aromatic N) is 1. The first-order chi connectivity index (χ1) is 10.0. The average molecular weight is 312 g/mol. The zero-order valence-corrected chi connectivity index (χ0v) is 12.9. The van der Waals surface area contributed by atoms with E-state index in [2.05, 4.69) is 15.6 Å². The van der Waals surface area contributed by atoms with Gasteiger partial charge in [0.25, 0.3) is 0 Å². The van der Waals surface area contributed by atoms with E-state index in [0.29, 0.717) is 31.0 Å². The van der Waals surface area contributed by atoms with Gasteiger partial charge in [0.2, 0.25) is 6.35 Å². The molecule has 0 fully saturated rings. The maximum absolute atomic E-state index is 11.4. The number of nitrogens with two attached hydrogens (primary N) is 1. The summed E-state index contributed by atoms with van der Waals surface area (Å²) in [6.45, 7) is 4.05. The van der Waals surface area contributed by atoms with Crippen LogP contribution in [0.5, 0.6) is 0 Å². The van der Waals surface area contributed by atoms with Gasteiger partial charge in [-0.1, -0.05) is 0 Å². The number of esters is 1. The van der Waals surface area contributed by atoms with Gasteiger partial charge in [-0.2, -0.15) is 0 Å². The number of nitrogens with one attached hydrogen (secondary N) is 2. The van der Waals surface area contributed by atoms with Crippen molar-refractivity contribution in [2.45, 2.75) is 39.5 Å². The molecule has 2 heterocycles. The number of aliphatic hydroxyl groups excluding tert-OH is 1. The molecule has 0 bridgehead atoms. The smallest absolute Gasteiger partial charge is 0.305 e. The molecule has 116 valence electrons. The lowest BCUT2D eigenvalue weighted by Crippen LogP contribution is -2.31. The van der Waals surface area contributed by atoms with Crippen molar-refractivity contribution in [1.29, 1.82) is 0 Å². The highest BCUT2D eigenvalue weighted by atomic mass is 32.1. The Morgan fingerprint density at radius 2 is 2.29 bits per heavy atom. The minimum Gasteiger partial charge on any atom is -0.466 e. The molecule has 2 rings (SSSR count). The fourth-order valence-electron chi connectivity index (χ4n) is 2.17. The van der Waals surface area contributed by atoms with Gasteiger partial charge in [0.05, 0.1) is 12.3 Å². The third kappa shape index (κ3) is 3.85. The van der Waals surface area contributed by atoms with Crippen LogP contribution in [0.15, 0.2) is 5.70 Å². The molecule has 5 N–H and O–H groups in total. The van der Waals surface area contributed by atoms with Gasteiger partial charge in [-0.15, -0.1) is 11.3 Å². The van der Waals surface area contributed by atoms with Crippen LogP contribution in [0.25, 0.3) is 5.70 Å². The van der Waals surface area contributed by atoms with E-state index in [1.807, 2.05) is 6.92 Å². The Balaban J connectivity index is 2.04. The van der Waals surface area contributed by atoms with Crippen molar-refractivity contribution >= 4 is 28.1 Å². The summed E-state index contributed by atoms with van der Waals surface area (Å²) in [5.41, 5.74) is 8.10. The predicted octanol–water partition coefficient (Wildman–Crippen LogP) is 0.768. The van der Waals surface area contributed by atoms with E-state index in [-0.39, 0.29) is 5.97 Å². The largest absolute Gasteiger partial charge is 0.466 e. The van der Waals surface area contributed by atoms with Crippen molar-refractivity contribution in [2.75, 3.05) is 12.3 Å². The van der Waals surface area contributed by atoms with E-state index < -0.39 is 6.35 Å². The molecular weight excluding hydrogens is 292 g/mol. The highest BCUT2D eigenvalue weighted by molar-refractivity contribution is 7.15. The Labute approximate surface area is 127 Å². The van der Waals surface area contributed by atoms with Gasteiger partial charge in [-0.25, -0.2) is 4.98 Å². The number of carbonyl (C=O) groups excluding carboxylic acids is 1. The molecule has 1 aromatic rings. The lowest BCUT2D eigenvalue weighted by Gasteiger charge is -2.06. The molecule has 0 amide bonds. The number of thiazole rings is 1. The van der Waals surface area contributed by atoms with Gasteiger partial charge in [-0.05, 0) is 26.7 Å². The van der Waals surface area contributed by atoms with E-state index in [1.54, 1.807) is 6.92 Å². The number of nitrogen functional groups attached to an aromatic ring is 1. The van der Waals surface area contributed by atoms with Crippen molar-refractivity contribution in [3.8, 4) is 0 Å². The van der Waals surface area contributed by atoms with Gasteiger partial charge in [-0.3, -0.25) is 4.79 Å². The fraction of sp³-hybridized carbons (Fsp3) is 0.538. The number of carbonyl (C=O) groups is 1. The lowest BCUT2D eigenvalue weighted by atomic mass is 10.1. The summed E-state index contributed by atoms with van der Waals surface area (Å²) < 4.78 is 4.91. The van der Waals surface area contributed by atoms with Crippen LogP contribution in [0.3, 0.4) is 0 Å². The van der Waals surface area contributed by atoms with Crippen LogP contribution in [-0.2, 0) is 16.0 Å². The van der Waals surface area contributed by atoms with Gasteiger partial charge >= 0.3 is 5.97 Å². The van der Waals surface area contributed by atoms with Crippen LogP contribution in [0.1, 0.15) is 37.3 Å². The van der Waals surface area contributed by atoms with E-state index in [4.69, 9.17) is 10.5 Å². The zero-order valence-electron chi connectivity index (χ0n) is 12.1. The Morgan fingerprint density at radius 1 is 1.52 bits per heavy atom. The number of aryl methyl sites for hydroxylation is 1. The summed E-state index contributed by atoms with van der Waals surface area (Å²) in [4.78, 5) is 16.7. The molecule has 0 aromatic carbocycles. The summed E-state index contributed by atoms with van der Waals surface area (Å²) in [6, 6.07) is 0. The van der Waals surface area contributed by atoms with Crippen LogP contribution >= 0.6 is 11.3 Å². The molecule has 0 radical (unpaired) electrons. The maximum Gasteiger partial charge on any atom is 0.305 e. The molecule has 7 nitrogen and oxygen atoms in total. The Morgan fingerprint density at radius 3 is 2.90 bits per heavy atom. The van der Waals surface area contributed by atoms with E-state index in [0.717, 1.165) is 22.0 Å². The molecule has 0 spiro atoms. The normalized spacial score (nSPS) is 17.6. The van der Waals surface area contributed by atoms with E-state index >= 15 is 0 Å². The quantitative estimate of drug-likeness (QED) is 0.574. The molecule has 21 heavy (non-hydrogen) atoms. The van der Waals surface area contributed by atoms with Crippen molar-refractivity contribution in [3.63, 3.8) is 0 Å². The SMILES string of the molecule is CCOC(=O)CCCc1sc(N)nc1C1=C(C)NC(O)N1. The lowest BCUT2D eigenvalue weighted by molar-refractivity contribution is -0.143. The Bertz CT molecular complexity index is 556. The molecule has 1 atom stereocenters. The van der Waals surface area contributed by atoms with Gasteiger partial charge in [0.1, 0.15) is 5.69 Å². The minimum absolute atomic E-state index is 0.192. The summed E-state index contributed by atoms with van der Waals surface area (Å²) in [7, 11) is 0. The third-order valence-corrected chi connectivity index (χ3v) is 3.99. The molecular formula is C13H20N4O3S. The van der Waals surface area contributed by atoms with Crippen molar-refractivity contribution in [3.05, 3.63) is 16.3 Å². The summed E-state index contributed by atoms with van der Waals surface area (Å²) >= 11 is 1.40. The molecule has 1 unspecified atom stereocenters. The van der Waals surface area contributed by atoms with E-state index in [1.165, 1.54) is 11.3 Å². The van der Waals surface area contributed by atoms with Crippen LogP contribution < -0.4 is 16.4 Å². The molecule has 8 heteroatoms. The first-order valence-corrected chi connectivity index (χ1v) is 7.66. The number of ether oxygens (including phenoxy) is 1. The second kappa shape index (κ2) is 6.77. The molecule has 0 aliphatic carbocycles. The Kier molecular flexibility index (Phi) is 5.03. The number of hydrogen-bond acceptors (Lipinski definition) is 8. The molecule has 1 aliphatic heterocycles. The molecule has 0 saturated carbocycles. The predicted molar refractivity (Wildman–Crippen MR) is 81.0 cm³/mol. The second-order valence-electron chi connectivity index (χ2n) is 4.67. The second-order valence-corrected chi connectivity index (χ2v) is 5.79.